The average molecular weight is 380 g/mol. The third-order valence-electron chi connectivity index (χ3n) is 4.42. The third kappa shape index (κ3) is 3.75. The fraction of sp³-hybridized carbons (Fsp3) is 0.190. The molecule has 2 aromatic carbocycles. The van der Waals surface area contributed by atoms with Crippen LogP contribution in [-0.2, 0) is 9.59 Å². The topological polar surface area (TPSA) is 58.6 Å². The summed E-state index contributed by atoms with van der Waals surface area (Å²) in [5.41, 5.74) is 3.41. The van der Waals surface area contributed by atoms with E-state index in [4.69, 9.17) is 17.0 Å². The molecule has 1 N–H and O–H groups in total. The number of ether oxygens (including phenoxy) is 1. The maximum Gasteiger partial charge on any atom is 0.270 e. The Labute approximate surface area is 163 Å². The number of amides is 2. The second-order valence-electron chi connectivity index (χ2n) is 6.18. The van der Waals surface area contributed by atoms with Gasteiger partial charge >= 0.3 is 0 Å². The van der Waals surface area contributed by atoms with E-state index in [1.54, 1.807) is 30.3 Å². The molecule has 2 aromatic rings. The molecule has 0 atom stereocenters. The van der Waals surface area contributed by atoms with Gasteiger partial charge in [-0.2, -0.15) is 0 Å². The van der Waals surface area contributed by atoms with E-state index in [2.05, 4.69) is 5.32 Å². The number of hydrogen-bond donors (Lipinski definition) is 1. The highest BCUT2D eigenvalue weighted by molar-refractivity contribution is 7.80. The second-order valence-corrected chi connectivity index (χ2v) is 6.57. The van der Waals surface area contributed by atoms with Gasteiger partial charge < -0.3 is 4.74 Å². The molecule has 3 rings (SSSR count). The molecule has 1 aliphatic heterocycles. The summed E-state index contributed by atoms with van der Waals surface area (Å²) in [7, 11) is 0. The fourth-order valence-corrected chi connectivity index (χ4v) is 3.12. The molecular formula is C21H20N2O3S. The maximum absolute atomic E-state index is 13.1. The van der Waals surface area contributed by atoms with Crippen LogP contribution in [0.15, 0.2) is 48.0 Å². The Kier molecular flexibility index (Phi) is 5.37. The predicted molar refractivity (Wildman–Crippen MR) is 110 cm³/mol. The lowest BCUT2D eigenvalue weighted by Gasteiger charge is -2.30. The van der Waals surface area contributed by atoms with Crippen LogP contribution in [0.25, 0.3) is 6.08 Å². The Morgan fingerprint density at radius 3 is 2.48 bits per heavy atom. The molecule has 0 saturated carbocycles. The van der Waals surface area contributed by atoms with E-state index in [-0.39, 0.29) is 10.7 Å². The van der Waals surface area contributed by atoms with Crippen molar-refractivity contribution < 1.29 is 14.3 Å². The molecule has 0 bridgehead atoms. The Balaban J connectivity index is 1.98. The van der Waals surface area contributed by atoms with E-state index in [1.807, 2.05) is 39.0 Å². The number of nitrogens with one attached hydrogen (secondary N) is 1. The summed E-state index contributed by atoms with van der Waals surface area (Å²) >= 11 is 5.26. The number of carbonyl (C=O) groups excluding carboxylic acids is 2. The molecule has 1 fully saturated rings. The van der Waals surface area contributed by atoms with Gasteiger partial charge in [-0.1, -0.05) is 24.3 Å². The van der Waals surface area contributed by atoms with Crippen LogP contribution >= 0.6 is 12.2 Å². The molecule has 138 valence electrons. The Morgan fingerprint density at radius 1 is 1.11 bits per heavy atom. The zero-order chi connectivity index (χ0) is 19.6. The van der Waals surface area contributed by atoms with Crippen molar-refractivity contribution in [3.63, 3.8) is 0 Å². The van der Waals surface area contributed by atoms with Crippen molar-refractivity contribution in [1.82, 2.24) is 5.32 Å². The van der Waals surface area contributed by atoms with E-state index in [1.165, 1.54) is 4.90 Å². The Bertz CT molecular complexity index is 948. The highest BCUT2D eigenvalue weighted by Crippen LogP contribution is 2.27. The van der Waals surface area contributed by atoms with Crippen LogP contribution in [-0.4, -0.2) is 23.5 Å². The van der Waals surface area contributed by atoms with E-state index in [9.17, 15) is 9.59 Å². The van der Waals surface area contributed by atoms with Crippen LogP contribution in [0.4, 0.5) is 5.69 Å². The SMILES string of the molecule is CCOc1ccc(/C=C2/C(=O)NC(=S)N(c3cccc(C)c3C)C2=O)cc1. The zero-order valence-electron chi connectivity index (χ0n) is 15.4. The number of nitrogens with zero attached hydrogens (tertiary/aromatic N) is 1. The molecule has 0 radical (unpaired) electrons. The first-order valence-electron chi connectivity index (χ1n) is 8.63. The standard InChI is InChI=1S/C21H20N2O3S/c1-4-26-16-10-8-15(9-11-16)12-17-19(24)22-21(27)23(20(17)25)18-7-5-6-13(2)14(18)3/h5-12H,4H2,1-3H3,(H,22,24,27)/b17-12-. The van der Waals surface area contributed by atoms with E-state index >= 15 is 0 Å². The molecule has 5 nitrogen and oxygen atoms in total. The summed E-state index contributed by atoms with van der Waals surface area (Å²) in [6.45, 7) is 6.37. The van der Waals surface area contributed by atoms with Crippen molar-refractivity contribution >= 4 is 40.9 Å². The van der Waals surface area contributed by atoms with Crippen molar-refractivity contribution in [2.75, 3.05) is 11.5 Å². The van der Waals surface area contributed by atoms with E-state index in [0.29, 0.717) is 12.3 Å². The lowest BCUT2D eigenvalue weighted by atomic mass is 10.0. The van der Waals surface area contributed by atoms with Crippen molar-refractivity contribution in [1.29, 1.82) is 0 Å². The molecule has 1 heterocycles. The molecular weight excluding hydrogens is 360 g/mol. The van der Waals surface area contributed by atoms with Gasteiger partial charge in [0.25, 0.3) is 11.8 Å². The van der Waals surface area contributed by atoms with Gasteiger partial charge in [-0.25, -0.2) is 0 Å². The van der Waals surface area contributed by atoms with Gasteiger partial charge in [0, 0.05) is 0 Å². The number of benzene rings is 2. The monoisotopic (exact) mass is 380 g/mol. The maximum atomic E-state index is 13.1. The third-order valence-corrected chi connectivity index (χ3v) is 4.71. The molecule has 0 spiro atoms. The molecule has 0 aliphatic carbocycles. The molecule has 27 heavy (non-hydrogen) atoms. The minimum Gasteiger partial charge on any atom is -0.494 e. The summed E-state index contributed by atoms with van der Waals surface area (Å²) < 4.78 is 5.41. The molecule has 1 saturated heterocycles. The zero-order valence-corrected chi connectivity index (χ0v) is 16.2. The van der Waals surface area contributed by atoms with Gasteiger partial charge in [0.15, 0.2) is 5.11 Å². The van der Waals surface area contributed by atoms with Gasteiger partial charge in [-0.3, -0.25) is 19.8 Å². The number of carbonyl (C=O) groups is 2. The van der Waals surface area contributed by atoms with Crippen molar-refractivity contribution in [3.8, 4) is 5.75 Å². The summed E-state index contributed by atoms with van der Waals surface area (Å²) in [6, 6.07) is 12.8. The first-order valence-corrected chi connectivity index (χ1v) is 9.03. The van der Waals surface area contributed by atoms with Crippen LogP contribution in [0.3, 0.4) is 0 Å². The van der Waals surface area contributed by atoms with Crippen molar-refractivity contribution in [3.05, 3.63) is 64.7 Å². The van der Waals surface area contributed by atoms with E-state index < -0.39 is 11.8 Å². The first kappa shape index (κ1) is 18.8. The summed E-state index contributed by atoms with van der Waals surface area (Å²) in [6.07, 6.45) is 1.56. The molecule has 1 aliphatic rings. The Morgan fingerprint density at radius 2 is 1.81 bits per heavy atom. The molecule has 0 aromatic heterocycles. The van der Waals surface area contributed by atoms with Crippen LogP contribution in [0.1, 0.15) is 23.6 Å². The largest absolute Gasteiger partial charge is 0.494 e. The van der Waals surface area contributed by atoms with Gasteiger partial charge in [0.2, 0.25) is 0 Å². The number of rotatable bonds is 4. The number of thiocarbonyl (C=S) groups is 1. The minimum atomic E-state index is -0.500. The number of aryl methyl sites for hydroxylation is 1. The van der Waals surface area contributed by atoms with E-state index in [0.717, 1.165) is 22.4 Å². The van der Waals surface area contributed by atoms with Crippen LogP contribution in [0, 0.1) is 13.8 Å². The molecule has 0 unspecified atom stereocenters. The summed E-state index contributed by atoms with van der Waals surface area (Å²) in [5, 5.41) is 2.70. The fourth-order valence-electron chi connectivity index (χ4n) is 2.85. The lowest BCUT2D eigenvalue weighted by molar-refractivity contribution is -0.122. The highest BCUT2D eigenvalue weighted by Gasteiger charge is 2.35. The van der Waals surface area contributed by atoms with Gasteiger partial charge in [0.1, 0.15) is 11.3 Å². The predicted octanol–water partition coefficient (Wildman–Crippen LogP) is 3.53. The normalized spacial score (nSPS) is 15.9. The molecule has 6 heteroatoms. The highest BCUT2D eigenvalue weighted by atomic mass is 32.1. The first-order chi connectivity index (χ1) is 12.9. The average Bonchev–Trinajstić information content (AvgIpc) is 2.63. The summed E-state index contributed by atoms with van der Waals surface area (Å²) in [4.78, 5) is 26.8. The lowest BCUT2D eigenvalue weighted by Crippen LogP contribution is -2.54. The minimum absolute atomic E-state index is 0.0358. The van der Waals surface area contributed by atoms with Crippen molar-refractivity contribution in [2.45, 2.75) is 20.8 Å². The van der Waals surface area contributed by atoms with Crippen LogP contribution < -0.4 is 15.0 Å². The van der Waals surface area contributed by atoms with Crippen LogP contribution in [0.2, 0.25) is 0 Å². The smallest absolute Gasteiger partial charge is 0.270 e. The van der Waals surface area contributed by atoms with Crippen molar-refractivity contribution in [2.24, 2.45) is 0 Å². The molecule has 2 amide bonds. The van der Waals surface area contributed by atoms with Gasteiger partial charge in [-0.05, 0) is 74.0 Å². The second kappa shape index (κ2) is 7.72. The Hall–Kier alpha value is -2.99. The number of hydrogen-bond acceptors (Lipinski definition) is 4. The van der Waals surface area contributed by atoms with Gasteiger partial charge in [-0.15, -0.1) is 0 Å². The van der Waals surface area contributed by atoms with Gasteiger partial charge in [0.05, 0.1) is 12.3 Å². The summed E-state index contributed by atoms with van der Waals surface area (Å²) in [5.74, 6) is -0.205. The van der Waals surface area contributed by atoms with Crippen LogP contribution in [0.5, 0.6) is 5.75 Å². The quantitative estimate of drug-likeness (QED) is 0.501. The number of anilines is 1.